The Morgan fingerprint density at radius 2 is 0.609 bits per heavy atom. The van der Waals surface area contributed by atoms with E-state index in [2.05, 4.69) is 155 Å². The molecule has 46 heavy (non-hydrogen) atoms. The molecule has 0 saturated carbocycles. The second-order valence-electron chi connectivity index (χ2n) is 12.1. The molecule has 0 aliphatic rings. The van der Waals surface area contributed by atoms with Crippen molar-refractivity contribution >= 4 is 87.5 Å². The molecule has 214 valence electrons. The second kappa shape index (κ2) is 8.68. The van der Waals surface area contributed by atoms with Crippen molar-refractivity contribution in [3.05, 3.63) is 146 Å². The zero-order valence-corrected chi connectivity index (χ0v) is 24.6. The van der Waals surface area contributed by atoms with Crippen LogP contribution in [-0.2, 0) is 0 Å². The van der Waals surface area contributed by atoms with Crippen LogP contribution in [-0.4, -0.2) is 9.13 Å². The summed E-state index contributed by atoms with van der Waals surface area (Å²) in [5.41, 5.74) is 10.3. The maximum atomic E-state index is 6.56. The number of furan rings is 2. The van der Waals surface area contributed by atoms with E-state index in [1.54, 1.807) is 0 Å². The Kier molecular flexibility index (Phi) is 4.55. The van der Waals surface area contributed by atoms with Crippen molar-refractivity contribution in [2.75, 3.05) is 0 Å². The van der Waals surface area contributed by atoms with Gasteiger partial charge in [-0.25, -0.2) is 0 Å². The van der Waals surface area contributed by atoms with Gasteiger partial charge in [0.25, 0.3) is 0 Å². The summed E-state index contributed by atoms with van der Waals surface area (Å²) in [5, 5.41) is 9.25. The predicted octanol–water partition coefficient (Wildman–Crippen LogP) is 11.7. The molecule has 11 rings (SSSR count). The van der Waals surface area contributed by atoms with Crippen LogP contribution < -0.4 is 0 Å². The summed E-state index contributed by atoms with van der Waals surface area (Å²) >= 11 is 0. The lowest BCUT2D eigenvalue weighted by atomic mass is 10.1. The minimum absolute atomic E-state index is 0.857. The van der Waals surface area contributed by atoms with Gasteiger partial charge in [-0.05, 0) is 60.7 Å². The fourth-order valence-corrected chi connectivity index (χ4v) is 7.70. The van der Waals surface area contributed by atoms with Gasteiger partial charge in [-0.1, -0.05) is 72.8 Å². The van der Waals surface area contributed by atoms with Crippen LogP contribution in [0.4, 0.5) is 0 Å². The van der Waals surface area contributed by atoms with Gasteiger partial charge in [0.15, 0.2) is 0 Å². The van der Waals surface area contributed by atoms with E-state index in [9.17, 15) is 0 Å². The van der Waals surface area contributed by atoms with Crippen molar-refractivity contribution < 1.29 is 8.83 Å². The molecular formula is C42H24N2O2. The van der Waals surface area contributed by atoms with Crippen molar-refractivity contribution in [2.24, 2.45) is 0 Å². The van der Waals surface area contributed by atoms with Gasteiger partial charge in [0.2, 0.25) is 0 Å². The van der Waals surface area contributed by atoms with E-state index in [-0.39, 0.29) is 0 Å². The molecule has 0 atom stereocenters. The number of fused-ring (bicyclic) bond motifs is 12. The third-order valence-corrected chi connectivity index (χ3v) is 9.71. The SMILES string of the molecule is c1ccc2c(c1)c1ccccc1n2-c1ccc2c(c1)oc1cc3c(cc12)oc1cc(-n2c4ccccc4c4ccccc42)ccc13. The quantitative estimate of drug-likeness (QED) is 0.201. The monoisotopic (exact) mass is 588 g/mol. The summed E-state index contributed by atoms with van der Waals surface area (Å²) < 4.78 is 17.8. The van der Waals surface area contributed by atoms with E-state index in [0.717, 1.165) is 55.3 Å². The Morgan fingerprint density at radius 1 is 0.283 bits per heavy atom. The molecule has 0 amide bonds. The molecule has 11 aromatic rings. The number of rotatable bonds is 2. The van der Waals surface area contributed by atoms with E-state index in [1.165, 1.54) is 43.6 Å². The number of para-hydroxylation sites is 4. The topological polar surface area (TPSA) is 36.1 Å². The van der Waals surface area contributed by atoms with Crippen LogP contribution in [0.15, 0.2) is 154 Å². The summed E-state index contributed by atoms with van der Waals surface area (Å²) in [7, 11) is 0. The normalized spacial score (nSPS) is 12.3. The maximum Gasteiger partial charge on any atom is 0.137 e. The van der Waals surface area contributed by atoms with E-state index in [0.29, 0.717) is 0 Å². The van der Waals surface area contributed by atoms with Gasteiger partial charge >= 0.3 is 0 Å². The van der Waals surface area contributed by atoms with Crippen LogP contribution in [0.1, 0.15) is 0 Å². The zero-order valence-electron chi connectivity index (χ0n) is 24.6. The van der Waals surface area contributed by atoms with Crippen LogP contribution in [0.5, 0.6) is 0 Å². The first-order chi connectivity index (χ1) is 22.8. The smallest absolute Gasteiger partial charge is 0.137 e. The summed E-state index contributed by atoms with van der Waals surface area (Å²) in [6.07, 6.45) is 0. The highest BCUT2D eigenvalue weighted by molar-refractivity contribution is 6.16. The van der Waals surface area contributed by atoms with Crippen LogP contribution in [0.25, 0.3) is 98.9 Å². The molecule has 4 aromatic heterocycles. The van der Waals surface area contributed by atoms with Crippen molar-refractivity contribution in [1.82, 2.24) is 9.13 Å². The van der Waals surface area contributed by atoms with E-state index in [1.807, 2.05) is 0 Å². The Hall–Kier alpha value is -6.26. The molecule has 0 radical (unpaired) electrons. The van der Waals surface area contributed by atoms with Gasteiger partial charge in [0.05, 0.1) is 22.1 Å². The van der Waals surface area contributed by atoms with E-state index >= 15 is 0 Å². The summed E-state index contributed by atoms with van der Waals surface area (Å²) in [5.74, 6) is 0. The average molecular weight is 589 g/mol. The number of hydrogen-bond donors (Lipinski definition) is 0. The van der Waals surface area contributed by atoms with Gasteiger partial charge in [-0.2, -0.15) is 0 Å². The Balaban J connectivity index is 1.09. The third kappa shape index (κ3) is 3.12. The molecular weight excluding hydrogens is 564 g/mol. The molecule has 0 spiro atoms. The number of aromatic nitrogens is 2. The van der Waals surface area contributed by atoms with Crippen LogP contribution in [0, 0.1) is 0 Å². The Labute approximate surface area is 261 Å². The zero-order chi connectivity index (χ0) is 29.9. The molecule has 0 aliphatic heterocycles. The molecule has 0 saturated heterocycles. The van der Waals surface area contributed by atoms with Crippen LogP contribution in [0.2, 0.25) is 0 Å². The van der Waals surface area contributed by atoms with Crippen molar-refractivity contribution in [3.63, 3.8) is 0 Å². The van der Waals surface area contributed by atoms with E-state index < -0.39 is 0 Å². The summed E-state index contributed by atoms with van der Waals surface area (Å²) in [6.45, 7) is 0. The van der Waals surface area contributed by atoms with Crippen molar-refractivity contribution in [1.29, 1.82) is 0 Å². The lowest BCUT2D eigenvalue weighted by molar-refractivity contribution is 0.663. The van der Waals surface area contributed by atoms with E-state index in [4.69, 9.17) is 8.83 Å². The largest absolute Gasteiger partial charge is 0.456 e. The molecule has 4 heteroatoms. The third-order valence-electron chi connectivity index (χ3n) is 9.71. The number of benzene rings is 7. The molecule has 0 bridgehead atoms. The molecule has 0 unspecified atom stereocenters. The summed E-state index contributed by atoms with van der Waals surface area (Å²) in [6, 6.07) is 51.6. The standard InChI is InChI=1S/C42H24N2O2/c1-5-13-35-27(9-1)28-10-2-6-14-36(28)43(35)25-17-19-31-33-23-42-34(24-41(33)45-39(31)21-25)32-20-18-26(22-40(32)46-42)44-37-15-7-3-11-29(37)30-12-4-8-16-38(30)44/h1-24H. The number of nitrogens with zero attached hydrogens (tertiary/aromatic N) is 2. The lowest BCUT2D eigenvalue weighted by Gasteiger charge is -2.07. The fourth-order valence-electron chi connectivity index (χ4n) is 7.70. The molecule has 4 nitrogen and oxygen atoms in total. The van der Waals surface area contributed by atoms with Gasteiger partial charge < -0.3 is 18.0 Å². The summed E-state index contributed by atoms with van der Waals surface area (Å²) in [4.78, 5) is 0. The van der Waals surface area contributed by atoms with Gasteiger partial charge in [-0.3, -0.25) is 0 Å². The molecule has 0 N–H and O–H groups in total. The Morgan fingerprint density at radius 3 is 0.978 bits per heavy atom. The first kappa shape index (κ1) is 24.1. The molecule has 4 heterocycles. The van der Waals surface area contributed by atoms with Crippen LogP contribution >= 0.6 is 0 Å². The van der Waals surface area contributed by atoms with Gasteiger partial charge in [0.1, 0.15) is 22.3 Å². The van der Waals surface area contributed by atoms with Crippen LogP contribution in [0.3, 0.4) is 0 Å². The predicted molar refractivity (Wildman–Crippen MR) is 190 cm³/mol. The minimum atomic E-state index is 0.857. The first-order valence-corrected chi connectivity index (χ1v) is 15.6. The maximum absolute atomic E-state index is 6.56. The highest BCUT2D eigenvalue weighted by Crippen LogP contribution is 2.40. The van der Waals surface area contributed by atoms with Crippen molar-refractivity contribution in [3.8, 4) is 11.4 Å². The second-order valence-corrected chi connectivity index (χ2v) is 12.1. The van der Waals surface area contributed by atoms with Gasteiger partial charge in [0, 0.05) is 66.6 Å². The average Bonchev–Trinajstić information content (AvgIpc) is 3.84. The Bertz CT molecular complexity index is 2720. The fraction of sp³-hybridized carbons (Fsp3) is 0. The van der Waals surface area contributed by atoms with Gasteiger partial charge in [-0.15, -0.1) is 0 Å². The highest BCUT2D eigenvalue weighted by Gasteiger charge is 2.18. The minimum Gasteiger partial charge on any atom is -0.456 e. The highest BCUT2D eigenvalue weighted by atomic mass is 16.3. The molecule has 0 aliphatic carbocycles. The van der Waals surface area contributed by atoms with Crippen molar-refractivity contribution in [2.45, 2.75) is 0 Å². The number of hydrogen-bond acceptors (Lipinski definition) is 2. The lowest BCUT2D eigenvalue weighted by Crippen LogP contribution is -1.93. The molecule has 7 aromatic carbocycles. The molecule has 0 fully saturated rings. The first-order valence-electron chi connectivity index (χ1n) is 15.6.